The Balaban J connectivity index is 1.55. The molecule has 2 aliphatic heterocycles. The Morgan fingerprint density at radius 1 is 0.800 bits per heavy atom. The van der Waals surface area contributed by atoms with Gasteiger partial charge in [0, 0.05) is 17.7 Å². The SMILES string of the molecule is [2H]C1(C2CCCC2)c2ccccc2C2[C@H](C)N(c3ccccc3C)C(C3CCCC3)N21. The zero-order valence-corrected chi connectivity index (χ0v) is 18.6. The lowest BCUT2D eigenvalue weighted by Gasteiger charge is -2.41. The smallest absolute Gasteiger partial charge is 0.0864 e. The van der Waals surface area contributed by atoms with E-state index in [1.165, 1.54) is 73.7 Å². The second-order valence-corrected chi connectivity index (χ2v) is 10.2. The van der Waals surface area contributed by atoms with Crippen LogP contribution in [0.3, 0.4) is 0 Å². The van der Waals surface area contributed by atoms with Gasteiger partial charge >= 0.3 is 0 Å². The molecule has 30 heavy (non-hydrogen) atoms. The molecule has 2 saturated carbocycles. The van der Waals surface area contributed by atoms with Gasteiger partial charge in [0.15, 0.2) is 0 Å². The van der Waals surface area contributed by atoms with Gasteiger partial charge in [-0.15, -0.1) is 0 Å². The van der Waals surface area contributed by atoms with Gasteiger partial charge in [0.2, 0.25) is 0 Å². The van der Waals surface area contributed by atoms with E-state index >= 15 is 0 Å². The molecule has 1 saturated heterocycles. The van der Waals surface area contributed by atoms with Crippen LogP contribution in [-0.4, -0.2) is 17.1 Å². The van der Waals surface area contributed by atoms with Gasteiger partial charge in [0.25, 0.3) is 0 Å². The Morgan fingerprint density at radius 2 is 1.40 bits per heavy atom. The van der Waals surface area contributed by atoms with Crippen LogP contribution >= 0.6 is 0 Å². The normalized spacial score (nSPS) is 35.1. The molecule has 2 heteroatoms. The summed E-state index contributed by atoms with van der Waals surface area (Å²) in [5.41, 5.74) is 5.48. The van der Waals surface area contributed by atoms with E-state index in [1.807, 2.05) is 0 Å². The van der Waals surface area contributed by atoms with Gasteiger partial charge < -0.3 is 4.90 Å². The fourth-order valence-electron chi connectivity index (χ4n) is 7.31. The summed E-state index contributed by atoms with van der Waals surface area (Å²) in [4.78, 5) is 5.46. The van der Waals surface area contributed by atoms with Crippen LogP contribution in [0.2, 0.25) is 0 Å². The Bertz CT molecular complexity index is 961. The van der Waals surface area contributed by atoms with E-state index < -0.39 is 6.02 Å². The summed E-state index contributed by atoms with van der Waals surface area (Å²) in [6, 6.07) is 18.0. The molecular formula is C28H36N2. The fourth-order valence-corrected chi connectivity index (χ4v) is 7.31. The molecule has 2 heterocycles. The van der Waals surface area contributed by atoms with E-state index in [-0.39, 0.29) is 0 Å². The summed E-state index contributed by atoms with van der Waals surface area (Å²) in [6.45, 7) is 4.69. The maximum Gasteiger partial charge on any atom is 0.0864 e. The second-order valence-electron chi connectivity index (χ2n) is 10.2. The number of nitrogens with zero attached hydrogens (tertiary/aromatic N) is 2. The maximum absolute atomic E-state index is 10.2. The highest BCUT2D eigenvalue weighted by Gasteiger charge is 2.57. The molecule has 3 fully saturated rings. The third kappa shape index (κ3) is 2.72. The van der Waals surface area contributed by atoms with Crippen LogP contribution < -0.4 is 4.90 Å². The molecule has 2 aliphatic carbocycles. The van der Waals surface area contributed by atoms with E-state index in [2.05, 4.69) is 72.2 Å². The molecular weight excluding hydrogens is 364 g/mol. The molecule has 2 nitrogen and oxygen atoms in total. The van der Waals surface area contributed by atoms with Crippen molar-refractivity contribution in [2.45, 2.75) is 89.5 Å². The standard InChI is InChI=1S/C28H36N2/c1-19-11-3-10-18-25(19)29-20(2)26-23-16-8-9-17-24(23)27(21-12-4-5-13-21)30(26)28(29)22-14-6-7-15-22/h3,8-11,16-18,20-22,26-28H,4-7,12-15H2,1-2H3/t20-,26?,27?,28?/m0/s1/i27D. The molecule has 0 aromatic heterocycles. The van der Waals surface area contributed by atoms with E-state index in [1.54, 1.807) is 0 Å². The first-order valence-corrected chi connectivity index (χ1v) is 12.3. The van der Waals surface area contributed by atoms with E-state index in [4.69, 9.17) is 0 Å². The van der Waals surface area contributed by atoms with Crippen molar-refractivity contribution in [3.63, 3.8) is 0 Å². The van der Waals surface area contributed by atoms with Gasteiger partial charge in [-0.05, 0) is 74.1 Å². The first kappa shape index (κ1) is 17.8. The predicted octanol–water partition coefficient (Wildman–Crippen LogP) is 7.01. The van der Waals surface area contributed by atoms with Gasteiger partial charge in [-0.2, -0.15) is 0 Å². The van der Waals surface area contributed by atoms with Crippen molar-refractivity contribution in [1.82, 2.24) is 4.90 Å². The molecule has 2 aromatic carbocycles. The molecule has 3 unspecified atom stereocenters. The molecule has 0 radical (unpaired) electrons. The molecule has 4 aliphatic rings. The van der Waals surface area contributed by atoms with Gasteiger partial charge in [-0.25, -0.2) is 0 Å². The maximum atomic E-state index is 10.2. The Labute approximate surface area is 183 Å². The molecule has 0 bridgehead atoms. The molecule has 0 N–H and O–H groups in total. The highest BCUT2D eigenvalue weighted by molar-refractivity contribution is 5.58. The second kappa shape index (κ2) is 7.41. The van der Waals surface area contributed by atoms with Crippen molar-refractivity contribution < 1.29 is 1.37 Å². The average molecular weight is 402 g/mol. The van der Waals surface area contributed by atoms with Gasteiger partial charge in [-0.3, -0.25) is 4.90 Å². The zero-order chi connectivity index (χ0) is 21.2. The molecule has 4 atom stereocenters. The monoisotopic (exact) mass is 401 g/mol. The summed E-state index contributed by atoms with van der Waals surface area (Å²) >= 11 is 0. The number of anilines is 1. The summed E-state index contributed by atoms with van der Waals surface area (Å²) in [7, 11) is 0. The number of fused-ring (bicyclic) bond motifs is 3. The first-order chi connectivity index (χ1) is 15.1. The summed E-state index contributed by atoms with van der Waals surface area (Å²) in [5, 5.41) is 0. The largest absolute Gasteiger partial charge is 0.351 e. The minimum atomic E-state index is -0.587. The van der Waals surface area contributed by atoms with Crippen molar-refractivity contribution in [3.8, 4) is 0 Å². The summed E-state index contributed by atoms with van der Waals surface area (Å²) in [6.07, 6.45) is 10.6. The van der Waals surface area contributed by atoms with Crippen LogP contribution in [0, 0.1) is 18.8 Å². The van der Waals surface area contributed by atoms with Gasteiger partial charge in [-0.1, -0.05) is 68.1 Å². The van der Waals surface area contributed by atoms with Crippen molar-refractivity contribution in [2.75, 3.05) is 4.90 Å². The first-order valence-electron chi connectivity index (χ1n) is 12.8. The number of para-hydroxylation sites is 1. The molecule has 2 aromatic rings. The number of benzene rings is 2. The third-order valence-electron chi connectivity index (χ3n) is 8.56. The lowest BCUT2D eigenvalue weighted by atomic mass is 9.89. The Kier molecular flexibility index (Phi) is 4.41. The molecule has 0 spiro atoms. The molecule has 6 rings (SSSR count). The van der Waals surface area contributed by atoms with Crippen molar-refractivity contribution in [3.05, 3.63) is 65.2 Å². The van der Waals surface area contributed by atoms with Crippen LogP contribution in [0.1, 0.15) is 88.4 Å². The van der Waals surface area contributed by atoms with E-state index in [9.17, 15) is 1.37 Å². The lowest BCUT2D eigenvalue weighted by molar-refractivity contribution is 0.0781. The number of hydrogen-bond donors (Lipinski definition) is 0. The minimum absolute atomic E-state index is 0.319. The molecule has 158 valence electrons. The van der Waals surface area contributed by atoms with Gasteiger partial charge in [0.1, 0.15) is 0 Å². The molecule has 0 amide bonds. The highest BCUT2D eigenvalue weighted by Crippen LogP contribution is 2.59. The Morgan fingerprint density at radius 3 is 2.10 bits per heavy atom. The quantitative estimate of drug-likeness (QED) is 0.546. The summed E-state index contributed by atoms with van der Waals surface area (Å²) in [5.74, 6) is 1.11. The van der Waals surface area contributed by atoms with Crippen LogP contribution in [0.4, 0.5) is 5.69 Å². The zero-order valence-electron chi connectivity index (χ0n) is 19.6. The predicted molar refractivity (Wildman–Crippen MR) is 125 cm³/mol. The van der Waals surface area contributed by atoms with Crippen molar-refractivity contribution in [2.24, 2.45) is 11.8 Å². The average Bonchev–Trinajstić information content (AvgIpc) is 3.56. The highest BCUT2D eigenvalue weighted by atomic mass is 15.5. The van der Waals surface area contributed by atoms with Crippen LogP contribution in [0.15, 0.2) is 48.5 Å². The number of aryl methyl sites for hydroxylation is 1. The van der Waals surface area contributed by atoms with E-state index in [0.717, 1.165) is 0 Å². The summed E-state index contributed by atoms with van der Waals surface area (Å²) < 4.78 is 10.2. The minimum Gasteiger partial charge on any atom is -0.351 e. The van der Waals surface area contributed by atoms with Crippen molar-refractivity contribution >= 4 is 5.69 Å². The lowest BCUT2D eigenvalue weighted by Crippen LogP contribution is -2.47. The van der Waals surface area contributed by atoms with Crippen molar-refractivity contribution in [1.29, 1.82) is 0 Å². The fraction of sp³-hybridized carbons (Fsp3) is 0.571. The van der Waals surface area contributed by atoms with Crippen LogP contribution in [0.5, 0.6) is 0 Å². The third-order valence-corrected chi connectivity index (χ3v) is 8.56. The number of hydrogen-bond acceptors (Lipinski definition) is 2. The topological polar surface area (TPSA) is 6.48 Å². The van der Waals surface area contributed by atoms with E-state index in [0.29, 0.717) is 30.1 Å². The van der Waals surface area contributed by atoms with Crippen LogP contribution in [-0.2, 0) is 0 Å². The Hall–Kier alpha value is -1.80. The number of rotatable bonds is 3. The van der Waals surface area contributed by atoms with Gasteiger partial charge in [0.05, 0.1) is 13.6 Å². The van der Waals surface area contributed by atoms with Crippen LogP contribution in [0.25, 0.3) is 0 Å².